The van der Waals surface area contributed by atoms with Gasteiger partial charge in [0, 0.05) is 16.6 Å². The van der Waals surface area contributed by atoms with Crippen LogP contribution in [0.4, 0.5) is 0 Å². The van der Waals surface area contributed by atoms with Crippen molar-refractivity contribution in [2.24, 2.45) is 0 Å². The smallest absolute Gasteiger partial charge is 0.252 e. The zero-order valence-electron chi connectivity index (χ0n) is 9.83. The number of nitrogens with zero attached hydrogens (tertiary/aromatic N) is 1. The van der Waals surface area contributed by atoms with Crippen molar-refractivity contribution < 1.29 is 0 Å². The fourth-order valence-electron chi connectivity index (χ4n) is 2.37. The Morgan fingerprint density at radius 3 is 3.00 bits per heavy atom. The number of aromatic nitrogens is 2. The van der Waals surface area contributed by atoms with Gasteiger partial charge in [0.05, 0.1) is 11.5 Å². The fraction of sp³-hybridized carbons (Fsp3) is 0.214. The second-order valence-electron chi connectivity index (χ2n) is 4.35. The number of rotatable bonds is 0. The van der Waals surface area contributed by atoms with Crippen LogP contribution in [0.15, 0.2) is 15.8 Å². The Labute approximate surface area is 102 Å². The van der Waals surface area contributed by atoms with Crippen LogP contribution in [0.3, 0.4) is 0 Å². The number of H-pyrrole nitrogens is 1. The van der Waals surface area contributed by atoms with E-state index >= 15 is 0 Å². The van der Waals surface area contributed by atoms with Crippen LogP contribution in [-0.2, 0) is 0 Å². The number of hydrogen-bond donors (Lipinski definition) is 1. The van der Waals surface area contributed by atoms with Crippen molar-refractivity contribution in [3.63, 3.8) is 0 Å². The third kappa shape index (κ3) is 1.37. The van der Waals surface area contributed by atoms with E-state index in [0.29, 0.717) is 10.6 Å². The van der Waals surface area contributed by atoms with Crippen molar-refractivity contribution in [3.05, 3.63) is 60.0 Å². The topological polar surface area (TPSA) is 62.8 Å². The zero-order chi connectivity index (χ0) is 12.7. The van der Waals surface area contributed by atoms with Crippen LogP contribution in [0.2, 0.25) is 0 Å². The molecular formula is C14H10N2O2. The molecule has 3 rings (SSSR count). The highest BCUT2D eigenvalue weighted by molar-refractivity contribution is 5.48. The summed E-state index contributed by atoms with van der Waals surface area (Å²) in [5, 5.41) is 2.00. The summed E-state index contributed by atoms with van der Waals surface area (Å²) < 4.78 is 0. The standard InChI is InChI=1S/C14H10N2O2/c1-8-4-2-5-9-10(8)13(17)14(18)12-11(9)15-6-3-7-16-12/h5-6,16H,2,4H2,1H3. The van der Waals surface area contributed by atoms with Crippen LogP contribution in [0.5, 0.6) is 0 Å². The van der Waals surface area contributed by atoms with Crippen LogP contribution in [0, 0.1) is 23.0 Å². The van der Waals surface area contributed by atoms with Gasteiger partial charge in [-0.05, 0) is 25.8 Å². The Hall–Kier alpha value is -2.41. The summed E-state index contributed by atoms with van der Waals surface area (Å²) in [7, 11) is 0. The summed E-state index contributed by atoms with van der Waals surface area (Å²) in [6.45, 7) is 1.89. The van der Waals surface area contributed by atoms with Gasteiger partial charge in [-0.3, -0.25) is 9.59 Å². The first-order valence-electron chi connectivity index (χ1n) is 5.73. The Morgan fingerprint density at radius 1 is 1.33 bits per heavy atom. The Balaban J connectivity index is 2.90. The van der Waals surface area contributed by atoms with E-state index in [0.717, 1.165) is 23.6 Å². The lowest BCUT2D eigenvalue weighted by Crippen LogP contribution is -2.51. The Morgan fingerprint density at radius 2 is 2.17 bits per heavy atom. The van der Waals surface area contributed by atoms with Crippen LogP contribution < -0.4 is 21.3 Å². The van der Waals surface area contributed by atoms with Gasteiger partial charge in [-0.25, -0.2) is 4.98 Å². The molecule has 2 aliphatic carbocycles. The predicted molar refractivity (Wildman–Crippen MR) is 66.1 cm³/mol. The van der Waals surface area contributed by atoms with Gasteiger partial charge in [-0.15, -0.1) is 0 Å². The highest BCUT2D eigenvalue weighted by Gasteiger charge is 2.10. The van der Waals surface area contributed by atoms with Crippen LogP contribution in [0.25, 0.3) is 11.6 Å². The molecule has 0 saturated carbocycles. The molecule has 0 radical (unpaired) electrons. The minimum Gasteiger partial charge on any atom is -0.309 e. The monoisotopic (exact) mass is 238 g/mol. The van der Waals surface area contributed by atoms with Gasteiger partial charge in [-0.1, -0.05) is 11.6 Å². The van der Waals surface area contributed by atoms with Crippen molar-refractivity contribution in [2.45, 2.75) is 19.8 Å². The molecule has 0 saturated heterocycles. The van der Waals surface area contributed by atoms with Crippen molar-refractivity contribution >= 4 is 11.6 Å². The van der Waals surface area contributed by atoms with Crippen molar-refractivity contribution in [3.8, 4) is 0 Å². The molecule has 0 aromatic rings. The van der Waals surface area contributed by atoms with E-state index in [-0.39, 0.29) is 5.35 Å². The third-order valence-electron chi connectivity index (χ3n) is 3.23. The van der Waals surface area contributed by atoms with Gasteiger partial charge < -0.3 is 4.98 Å². The molecule has 1 N–H and O–H groups in total. The van der Waals surface area contributed by atoms with E-state index in [1.54, 1.807) is 0 Å². The largest absolute Gasteiger partial charge is 0.309 e. The van der Waals surface area contributed by atoms with Crippen LogP contribution in [-0.4, -0.2) is 9.97 Å². The van der Waals surface area contributed by atoms with Gasteiger partial charge in [0.25, 0.3) is 5.43 Å². The lowest BCUT2D eigenvalue weighted by molar-refractivity contribution is 1.02. The maximum atomic E-state index is 12.1. The molecule has 0 spiro atoms. The third-order valence-corrected chi connectivity index (χ3v) is 3.23. The lowest BCUT2D eigenvalue weighted by atomic mass is 10.0. The lowest BCUT2D eigenvalue weighted by Gasteiger charge is -2.04. The average molecular weight is 238 g/mol. The highest BCUT2D eigenvalue weighted by Crippen LogP contribution is 2.04. The molecule has 1 heterocycles. The maximum Gasteiger partial charge on any atom is 0.252 e. The molecule has 0 unspecified atom stereocenters. The summed E-state index contributed by atoms with van der Waals surface area (Å²) in [6, 6.07) is 2.64. The molecule has 0 aromatic heterocycles. The van der Waals surface area contributed by atoms with Gasteiger partial charge in [0.1, 0.15) is 5.35 Å². The van der Waals surface area contributed by atoms with E-state index in [1.807, 2.05) is 13.0 Å². The molecule has 4 heteroatoms. The molecule has 18 heavy (non-hydrogen) atoms. The van der Waals surface area contributed by atoms with E-state index < -0.39 is 10.9 Å². The molecule has 0 atom stereocenters. The van der Waals surface area contributed by atoms with Gasteiger partial charge in [-0.2, -0.15) is 0 Å². The van der Waals surface area contributed by atoms with Crippen LogP contribution >= 0.6 is 0 Å². The molecule has 4 nitrogen and oxygen atoms in total. The molecule has 3 aliphatic rings. The summed E-state index contributed by atoms with van der Waals surface area (Å²) in [5.74, 6) is 0. The summed E-state index contributed by atoms with van der Waals surface area (Å²) >= 11 is 0. The predicted octanol–water partition coefficient (Wildman–Crippen LogP) is -0.800. The van der Waals surface area contributed by atoms with E-state index in [9.17, 15) is 9.59 Å². The normalized spacial score (nSPS) is 13.7. The average Bonchev–Trinajstić information content (AvgIpc) is 2.61. The number of hydrogen-bond acceptors (Lipinski definition) is 3. The molecule has 1 aliphatic heterocycles. The first-order valence-corrected chi connectivity index (χ1v) is 5.73. The van der Waals surface area contributed by atoms with Gasteiger partial charge in [0.15, 0.2) is 0 Å². The Bertz CT molecular complexity index is 926. The molecule has 0 aromatic carbocycles. The second kappa shape index (κ2) is 3.81. The summed E-state index contributed by atoms with van der Waals surface area (Å²) in [6.07, 6.45) is 7.66. The van der Waals surface area contributed by atoms with Crippen LogP contribution in [0.1, 0.15) is 19.8 Å². The van der Waals surface area contributed by atoms with Gasteiger partial charge in [0.2, 0.25) is 5.43 Å². The molecule has 0 fully saturated rings. The second-order valence-corrected chi connectivity index (χ2v) is 4.35. The first-order chi connectivity index (χ1) is 8.70. The summed E-state index contributed by atoms with van der Waals surface area (Å²) in [4.78, 5) is 31.0. The van der Waals surface area contributed by atoms with Crippen molar-refractivity contribution in [2.75, 3.05) is 0 Å². The number of fused-ring (bicyclic) bond motifs is 2. The number of aromatic amines is 1. The van der Waals surface area contributed by atoms with E-state index in [1.165, 1.54) is 6.20 Å². The fourth-order valence-corrected chi connectivity index (χ4v) is 2.37. The minimum atomic E-state index is -0.549. The Kier molecular flexibility index (Phi) is 2.27. The molecule has 0 bridgehead atoms. The summed E-state index contributed by atoms with van der Waals surface area (Å²) in [5.41, 5.74) is -0.0480. The highest BCUT2D eigenvalue weighted by atomic mass is 16.2. The molecule has 0 amide bonds. The van der Waals surface area contributed by atoms with Gasteiger partial charge >= 0.3 is 0 Å². The van der Waals surface area contributed by atoms with E-state index in [4.69, 9.17) is 0 Å². The quantitative estimate of drug-likeness (QED) is 0.611. The molecule has 88 valence electrons. The minimum absolute atomic E-state index is 0.200. The maximum absolute atomic E-state index is 12.1. The van der Waals surface area contributed by atoms with Crippen molar-refractivity contribution in [1.82, 2.24) is 9.97 Å². The van der Waals surface area contributed by atoms with E-state index in [2.05, 4.69) is 22.2 Å². The van der Waals surface area contributed by atoms with Crippen molar-refractivity contribution in [1.29, 1.82) is 0 Å². The zero-order valence-corrected chi connectivity index (χ0v) is 9.83. The number of nitrogens with one attached hydrogen (secondary N) is 1. The first kappa shape index (κ1) is 10.7. The SMILES string of the molecule is CC1=c2c(=O)c(=O)c3[nH]c#ccnc=3c2=CCC1. The molecular weight excluding hydrogens is 228 g/mol.